The van der Waals surface area contributed by atoms with Crippen LogP contribution in [0.3, 0.4) is 0 Å². The van der Waals surface area contributed by atoms with E-state index in [1.165, 1.54) is 30.5 Å². The lowest BCUT2D eigenvalue weighted by Gasteiger charge is -2.33. The SMILES string of the molecule is CCOC(=O)[C@@H](C)OP(=O)(CCN1CC=C(C[C@H](NC(=O)O[C@H]2CO[C@H]3OCC[C@H]32)[C@H](O)CN(CC(C)C)S(=O)(=O)c2ccc(OC)cc2)CC1)Oc1ccccc1. The first-order valence-corrected chi connectivity index (χ1v) is 23.0. The maximum Gasteiger partial charge on any atom is 0.407 e. The number of para-hydroxylation sites is 1. The van der Waals surface area contributed by atoms with Gasteiger partial charge in [-0.15, -0.1) is 0 Å². The Balaban J connectivity index is 1.28. The summed E-state index contributed by atoms with van der Waals surface area (Å²) in [5.41, 5.74) is 0.929. The van der Waals surface area contributed by atoms with Crippen molar-refractivity contribution in [1.29, 1.82) is 0 Å². The number of rotatable bonds is 21. The summed E-state index contributed by atoms with van der Waals surface area (Å²) in [5.74, 6) is 0.0486. The van der Waals surface area contributed by atoms with Crippen molar-refractivity contribution in [3.63, 3.8) is 0 Å². The van der Waals surface area contributed by atoms with E-state index in [2.05, 4.69) is 10.2 Å². The fourth-order valence-corrected chi connectivity index (χ4v) is 10.5. The Hall–Kier alpha value is -3.54. The molecular formula is C40H58N3O13PS. The van der Waals surface area contributed by atoms with Crippen molar-refractivity contribution in [2.24, 2.45) is 11.8 Å². The van der Waals surface area contributed by atoms with Gasteiger partial charge in [-0.1, -0.05) is 43.7 Å². The molecule has 5 rings (SSSR count). The van der Waals surface area contributed by atoms with Gasteiger partial charge in [-0.25, -0.2) is 22.6 Å². The number of nitrogens with one attached hydrogen (secondary N) is 1. The van der Waals surface area contributed by atoms with Crippen LogP contribution in [0.1, 0.15) is 47.0 Å². The van der Waals surface area contributed by atoms with Crippen LogP contribution in [0.4, 0.5) is 4.79 Å². The van der Waals surface area contributed by atoms with Crippen molar-refractivity contribution in [2.45, 2.75) is 82.5 Å². The molecule has 16 nitrogen and oxygen atoms in total. The number of aliphatic hydroxyl groups is 1. The van der Waals surface area contributed by atoms with Crippen LogP contribution in [-0.4, -0.2) is 131 Å². The van der Waals surface area contributed by atoms with Gasteiger partial charge in [0.25, 0.3) is 0 Å². The second kappa shape index (κ2) is 21.1. The molecule has 3 aliphatic rings. The molecule has 3 aliphatic heterocycles. The predicted molar refractivity (Wildman–Crippen MR) is 214 cm³/mol. The van der Waals surface area contributed by atoms with Crippen LogP contribution in [0.2, 0.25) is 0 Å². The van der Waals surface area contributed by atoms with Crippen LogP contribution in [0.25, 0.3) is 0 Å². The summed E-state index contributed by atoms with van der Waals surface area (Å²) in [6.07, 6.45) is -0.696. The summed E-state index contributed by atoms with van der Waals surface area (Å²) in [6.45, 7) is 8.94. The summed E-state index contributed by atoms with van der Waals surface area (Å²) >= 11 is 0. The van der Waals surface area contributed by atoms with E-state index in [4.69, 9.17) is 32.7 Å². The van der Waals surface area contributed by atoms with E-state index in [-0.39, 0.29) is 55.6 Å². The Morgan fingerprint density at radius 2 is 1.79 bits per heavy atom. The molecule has 0 aromatic heterocycles. The lowest BCUT2D eigenvalue weighted by atomic mass is 9.96. The molecule has 2 saturated heterocycles. The van der Waals surface area contributed by atoms with E-state index < -0.39 is 60.3 Å². The molecule has 0 radical (unpaired) electrons. The highest BCUT2D eigenvalue weighted by Crippen LogP contribution is 2.49. The minimum absolute atomic E-state index is 0.00429. The number of methoxy groups -OCH3 is 1. The summed E-state index contributed by atoms with van der Waals surface area (Å²) in [5, 5.41) is 14.6. The van der Waals surface area contributed by atoms with Crippen LogP contribution in [-0.2, 0) is 42.9 Å². The Morgan fingerprint density at radius 3 is 2.45 bits per heavy atom. The molecular weight excluding hydrogens is 793 g/mol. The number of esters is 1. The molecule has 2 aromatic rings. The molecule has 2 aromatic carbocycles. The molecule has 3 heterocycles. The largest absolute Gasteiger partial charge is 0.497 e. The average Bonchev–Trinajstić information content (AvgIpc) is 3.82. The van der Waals surface area contributed by atoms with Crippen molar-refractivity contribution in [3.05, 3.63) is 66.2 Å². The zero-order chi connectivity index (χ0) is 41.9. The summed E-state index contributed by atoms with van der Waals surface area (Å²) in [4.78, 5) is 27.9. The van der Waals surface area contributed by atoms with Gasteiger partial charge >= 0.3 is 19.7 Å². The zero-order valence-electron chi connectivity index (χ0n) is 33.9. The van der Waals surface area contributed by atoms with Gasteiger partial charge in [-0.05, 0) is 75.4 Å². The van der Waals surface area contributed by atoms with E-state index >= 15 is 0 Å². The van der Waals surface area contributed by atoms with Crippen molar-refractivity contribution in [2.75, 3.05) is 65.8 Å². The van der Waals surface area contributed by atoms with Gasteiger partial charge in [-0.3, -0.25) is 9.42 Å². The third-order valence-electron chi connectivity index (χ3n) is 10.2. The Bertz CT molecular complexity index is 1830. The highest BCUT2D eigenvalue weighted by molar-refractivity contribution is 7.89. The van der Waals surface area contributed by atoms with Gasteiger partial charge in [0.1, 0.15) is 17.6 Å². The number of carbonyl (C=O) groups is 2. The maximum atomic E-state index is 14.0. The number of ether oxygens (including phenoxy) is 5. The molecule has 18 heteroatoms. The molecule has 2 fully saturated rings. The van der Waals surface area contributed by atoms with Crippen LogP contribution in [0.15, 0.2) is 71.1 Å². The molecule has 322 valence electrons. The summed E-state index contributed by atoms with van der Waals surface area (Å²) in [6, 6.07) is 13.7. The van der Waals surface area contributed by atoms with Gasteiger partial charge in [0.2, 0.25) is 10.0 Å². The van der Waals surface area contributed by atoms with Crippen LogP contribution in [0, 0.1) is 11.8 Å². The van der Waals surface area contributed by atoms with E-state index in [1.54, 1.807) is 49.4 Å². The molecule has 0 bridgehead atoms. The van der Waals surface area contributed by atoms with Crippen LogP contribution < -0.4 is 14.6 Å². The molecule has 0 spiro atoms. The highest BCUT2D eigenvalue weighted by atomic mass is 32.2. The Morgan fingerprint density at radius 1 is 1.05 bits per heavy atom. The number of carbonyl (C=O) groups excluding carboxylic acids is 2. The number of hydrogen-bond acceptors (Lipinski definition) is 14. The summed E-state index contributed by atoms with van der Waals surface area (Å²) < 4.78 is 82.0. The number of nitrogens with zero attached hydrogens (tertiary/aromatic N) is 2. The second-order valence-electron chi connectivity index (χ2n) is 15.0. The topological polar surface area (TPSA) is 189 Å². The minimum Gasteiger partial charge on any atom is -0.497 e. The summed E-state index contributed by atoms with van der Waals surface area (Å²) in [7, 11) is -6.38. The fourth-order valence-electron chi connectivity index (χ4n) is 7.06. The molecule has 1 amide bonds. The lowest BCUT2D eigenvalue weighted by molar-refractivity contribution is -0.150. The minimum atomic E-state index is -4.05. The van der Waals surface area contributed by atoms with Gasteiger partial charge in [0.05, 0.1) is 56.1 Å². The van der Waals surface area contributed by atoms with Crippen molar-refractivity contribution < 1.29 is 60.4 Å². The first-order valence-electron chi connectivity index (χ1n) is 19.8. The Kier molecular flexibility index (Phi) is 16.6. The van der Waals surface area contributed by atoms with Crippen molar-refractivity contribution in [1.82, 2.24) is 14.5 Å². The number of benzene rings is 2. The number of aliphatic hydroxyl groups excluding tert-OH is 1. The van der Waals surface area contributed by atoms with Crippen LogP contribution >= 0.6 is 7.60 Å². The second-order valence-corrected chi connectivity index (χ2v) is 19.0. The standard InChI is InChI=1S/C40H58N3O13PS/c1-6-51-38(45)29(4)55-57(47,56-32-10-8-7-9-11-32)23-21-42-19-16-30(17-20-42)24-35(41-40(46)54-37-27-53-39-34(37)18-22-52-39)36(44)26-43(25-28(2)3)58(48,49)33-14-12-31(50-5)13-15-33/h7-16,28-29,34-37,39,44H,6,17-27H2,1-5H3,(H,41,46)/t29-,34+,35+,36-,37+,39-,57?/m1/s1. The molecule has 0 aliphatic carbocycles. The van der Waals surface area contributed by atoms with Gasteiger partial charge in [0, 0.05) is 32.7 Å². The van der Waals surface area contributed by atoms with E-state index in [0.717, 1.165) is 5.57 Å². The number of fused-ring (bicyclic) bond motifs is 1. The predicted octanol–water partition coefficient (Wildman–Crippen LogP) is 4.82. The number of alkyl carbamates (subject to hydrolysis) is 1. The van der Waals surface area contributed by atoms with Crippen molar-refractivity contribution >= 4 is 29.7 Å². The lowest BCUT2D eigenvalue weighted by Crippen LogP contribution is -2.51. The quantitative estimate of drug-likeness (QED) is 0.0988. The Labute approximate surface area is 341 Å². The molecule has 7 atom stereocenters. The fraction of sp³-hybridized carbons (Fsp3) is 0.600. The first kappa shape index (κ1) is 45.5. The molecule has 1 unspecified atom stereocenters. The van der Waals surface area contributed by atoms with E-state index in [9.17, 15) is 27.7 Å². The number of sulfonamides is 1. The van der Waals surface area contributed by atoms with Crippen LogP contribution in [0.5, 0.6) is 11.5 Å². The molecule has 0 saturated carbocycles. The third-order valence-corrected chi connectivity index (χ3v) is 13.9. The smallest absolute Gasteiger partial charge is 0.407 e. The highest BCUT2D eigenvalue weighted by Gasteiger charge is 2.44. The first-order chi connectivity index (χ1) is 27.7. The van der Waals surface area contributed by atoms with Crippen molar-refractivity contribution in [3.8, 4) is 11.5 Å². The van der Waals surface area contributed by atoms with Gasteiger partial charge in [-0.2, -0.15) is 4.31 Å². The van der Waals surface area contributed by atoms with Gasteiger partial charge < -0.3 is 38.6 Å². The normalized spacial score (nSPS) is 22.3. The average molecular weight is 852 g/mol. The number of hydrogen-bond donors (Lipinski definition) is 2. The maximum absolute atomic E-state index is 14.0. The third kappa shape index (κ3) is 12.7. The van der Waals surface area contributed by atoms with E-state index in [1.807, 2.05) is 19.9 Å². The van der Waals surface area contributed by atoms with E-state index in [0.29, 0.717) is 50.6 Å². The van der Waals surface area contributed by atoms with Gasteiger partial charge in [0.15, 0.2) is 12.4 Å². The molecule has 2 N–H and O–H groups in total. The zero-order valence-corrected chi connectivity index (χ0v) is 35.6. The monoisotopic (exact) mass is 851 g/mol. The molecule has 58 heavy (non-hydrogen) atoms. The number of amides is 1.